The first-order valence-corrected chi connectivity index (χ1v) is 5.16. The van der Waals surface area contributed by atoms with Gasteiger partial charge in [0.2, 0.25) is 0 Å². The molecule has 0 rings (SSSR count). The molecule has 3 N–H and O–H groups in total. The number of aliphatic hydroxyl groups is 3. The van der Waals surface area contributed by atoms with Crippen LogP contribution >= 0.6 is 0 Å². The molecule has 96 valence electrons. The summed E-state index contributed by atoms with van der Waals surface area (Å²) in [5.41, 5.74) is 0. The molecule has 0 aliphatic carbocycles. The minimum absolute atomic E-state index is 0.167. The van der Waals surface area contributed by atoms with E-state index in [0.29, 0.717) is 6.61 Å². The van der Waals surface area contributed by atoms with Gasteiger partial charge in [0, 0.05) is 19.3 Å². The molecule has 0 saturated heterocycles. The molecule has 0 bridgehead atoms. The van der Waals surface area contributed by atoms with Gasteiger partial charge in [-0.25, -0.2) is 0 Å². The van der Waals surface area contributed by atoms with E-state index in [1.54, 1.807) is 20.8 Å². The van der Waals surface area contributed by atoms with E-state index in [-0.39, 0.29) is 18.5 Å². The van der Waals surface area contributed by atoms with Gasteiger partial charge in [-0.1, -0.05) is 6.92 Å². The van der Waals surface area contributed by atoms with Crippen molar-refractivity contribution in [2.45, 2.75) is 54.1 Å². The number of carbonyl (C=O) groups is 1. The minimum Gasteiger partial charge on any atom is -0.397 e. The van der Waals surface area contributed by atoms with Crippen LogP contribution < -0.4 is 0 Å². The molecule has 0 unspecified atom stereocenters. The molecule has 0 aliphatic heterocycles. The number of ketones is 1. The van der Waals surface area contributed by atoms with Crippen molar-refractivity contribution in [2.24, 2.45) is 0 Å². The molecule has 0 aromatic rings. The Kier molecular flexibility index (Phi) is 46.7. The van der Waals surface area contributed by atoms with Gasteiger partial charge in [-0.05, 0) is 41.0 Å². The Morgan fingerprint density at radius 1 is 1.13 bits per heavy atom. The first kappa shape index (κ1) is 24.0. The monoisotopic (exact) mass is 224 g/mol. The number of carbonyl (C=O) groups excluding carboxylic acids is 1. The fourth-order valence-corrected chi connectivity index (χ4v) is 0. The van der Waals surface area contributed by atoms with Gasteiger partial charge >= 0.3 is 0 Å². The molecule has 0 aliphatic rings. The zero-order chi connectivity index (χ0) is 13.3. The van der Waals surface area contributed by atoms with Crippen LogP contribution in [0, 0.1) is 0 Å². The molecule has 0 amide bonds. The third kappa shape index (κ3) is 5980. The van der Waals surface area contributed by atoms with Gasteiger partial charge in [0.25, 0.3) is 0 Å². The van der Waals surface area contributed by atoms with Crippen molar-refractivity contribution in [3.8, 4) is 0 Å². The van der Waals surface area contributed by atoms with Crippen LogP contribution in [0.25, 0.3) is 0 Å². The zero-order valence-corrected chi connectivity index (χ0v) is 10.9. The molecule has 15 heavy (non-hydrogen) atoms. The molecular formula is C11H28O4. The SMILES string of the molecule is CC(C)=O.CC(C)O.CCCO.CCO. The van der Waals surface area contributed by atoms with E-state index in [4.69, 9.17) is 15.3 Å². The Bertz CT molecular complexity index is 83.8. The molecule has 4 nitrogen and oxygen atoms in total. The molecule has 0 saturated carbocycles. The van der Waals surface area contributed by atoms with E-state index in [2.05, 4.69) is 0 Å². The highest BCUT2D eigenvalue weighted by Crippen LogP contribution is 1.65. The summed E-state index contributed by atoms with van der Waals surface area (Å²) in [5.74, 6) is 0.167. The fraction of sp³-hybridized carbons (Fsp3) is 0.909. The second-order valence-electron chi connectivity index (χ2n) is 3.04. The lowest BCUT2D eigenvalue weighted by atomic mass is 10.5. The largest absolute Gasteiger partial charge is 0.397 e. The topological polar surface area (TPSA) is 77.8 Å². The normalized spacial score (nSPS) is 7.33. The molecule has 0 spiro atoms. The Labute approximate surface area is 94.0 Å². The molecule has 0 radical (unpaired) electrons. The Morgan fingerprint density at radius 2 is 1.20 bits per heavy atom. The molecule has 0 heterocycles. The maximum Gasteiger partial charge on any atom is 0.126 e. The standard InChI is InChI=1S/C3H8O.C3H6O.C3H8O.C2H6O/c2*1-3(2)4;1-2-3-4;1-2-3/h3-4H,1-2H3;1-2H3;4H,2-3H2,1H3;3H,2H2,1H3. The van der Waals surface area contributed by atoms with Gasteiger partial charge in [0.1, 0.15) is 5.78 Å². The number of Topliss-reactive ketones (excluding diaryl/α,β-unsaturated/α-hetero) is 1. The van der Waals surface area contributed by atoms with Gasteiger partial charge in [-0.3, -0.25) is 0 Å². The van der Waals surface area contributed by atoms with E-state index >= 15 is 0 Å². The first-order chi connectivity index (χ1) is 6.79. The van der Waals surface area contributed by atoms with E-state index in [1.165, 1.54) is 13.8 Å². The zero-order valence-electron chi connectivity index (χ0n) is 10.9. The summed E-state index contributed by atoms with van der Waals surface area (Å²) in [5, 5.41) is 23.5. The Balaban J connectivity index is -0.0000000542. The Morgan fingerprint density at radius 3 is 1.20 bits per heavy atom. The molecular weight excluding hydrogens is 196 g/mol. The lowest BCUT2D eigenvalue weighted by Crippen LogP contribution is -1.85. The molecule has 4 heteroatoms. The van der Waals surface area contributed by atoms with Crippen LogP contribution in [0.3, 0.4) is 0 Å². The maximum atomic E-state index is 9.44. The summed E-state index contributed by atoms with van der Waals surface area (Å²) >= 11 is 0. The molecule has 0 aromatic heterocycles. The van der Waals surface area contributed by atoms with Crippen LogP contribution in [0.2, 0.25) is 0 Å². The average molecular weight is 224 g/mol. The second kappa shape index (κ2) is 29.2. The van der Waals surface area contributed by atoms with E-state index in [1.807, 2.05) is 6.92 Å². The third-order valence-electron chi connectivity index (χ3n) is 0.224. The number of aliphatic hydroxyl groups excluding tert-OH is 3. The summed E-state index contributed by atoms with van der Waals surface area (Å²) in [6.45, 7) is 10.7. The highest BCUT2D eigenvalue weighted by molar-refractivity contribution is 5.72. The predicted octanol–water partition coefficient (Wildman–Crippen LogP) is 1.37. The van der Waals surface area contributed by atoms with Gasteiger partial charge in [-0.2, -0.15) is 0 Å². The van der Waals surface area contributed by atoms with Crippen molar-refractivity contribution in [3.63, 3.8) is 0 Å². The number of hydrogen-bond donors (Lipinski definition) is 3. The maximum absolute atomic E-state index is 9.44. The van der Waals surface area contributed by atoms with Crippen LogP contribution in [0.15, 0.2) is 0 Å². The van der Waals surface area contributed by atoms with Crippen LogP contribution in [-0.4, -0.2) is 40.4 Å². The van der Waals surface area contributed by atoms with Crippen molar-refractivity contribution in [3.05, 3.63) is 0 Å². The summed E-state index contributed by atoms with van der Waals surface area (Å²) in [6.07, 6.45) is 0.708. The fourth-order valence-electron chi connectivity index (χ4n) is 0. The van der Waals surface area contributed by atoms with Gasteiger partial charge < -0.3 is 20.1 Å². The lowest BCUT2D eigenvalue weighted by Gasteiger charge is -1.80. The van der Waals surface area contributed by atoms with Crippen molar-refractivity contribution < 1.29 is 20.1 Å². The van der Waals surface area contributed by atoms with Gasteiger partial charge in [0.15, 0.2) is 0 Å². The summed E-state index contributed by atoms with van der Waals surface area (Å²) in [6, 6.07) is 0. The smallest absolute Gasteiger partial charge is 0.126 e. The van der Waals surface area contributed by atoms with Gasteiger partial charge in [0.05, 0.1) is 0 Å². The summed E-state index contributed by atoms with van der Waals surface area (Å²) < 4.78 is 0. The van der Waals surface area contributed by atoms with Crippen molar-refractivity contribution in [2.75, 3.05) is 13.2 Å². The van der Waals surface area contributed by atoms with Crippen LogP contribution in [-0.2, 0) is 4.79 Å². The van der Waals surface area contributed by atoms with E-state index in [9.17, 15) is 4.79 Å². The number of hydrogen-bond acceptors (Lipinski definition) is 4. The first-order valence-electron chi connectivity index (χ1n) is 5.16. The predicted molar refractivity (Wildman–Crippen MR) is 63.8 cm³/mol. The molecule has 0 atom stereocenters. The van der Waals surface area contributed by atoms with Crippen molar-refractivity contribution >= 4 is 5.78 Å². The molecule has 0 aromatic carbocycles. The van der Waals surface area contributed by atoms with Crippen molar-refractivity contribution in [1.82, 2.24) is 0 Å². The van der Waals surface area contributed by atoms with Crippen LogP contribution in [0.1, 0.15) is 48.0 Å². The van der Waals surface area contributed by atoms with E-state index in [0.717, 1.165) is 6.42 Å². The number of rotatable bonds is 1. The van der Waals surface area contributed by atoms with E-state index < -0.39 is 0 Å². The van der Waals surface area contributed by atoms with Crippen LogP contribution in [0.5, 0.6) is 0 Å². The second-order valence-corrected chi connectivity index (χ2v) is 3.04. The highest BCUT2D eigenvalue weighted by Gasteiger charge is 1.69. The molecule has 0 fully saturated rings. The highest BCUT2D eigenvalue weighted by atomic mass is 16.3. The minimum atomic E-state index is -0.167. The summed E-state index contributed by atoms with van der Waals surface area (Å²) in [7, 11) is 0. The lowest BCUT2D eigenvalue weighted by molar-refractivity contribution is -0.114. The quantitative estimate of drug-likeness (QED) is 0.628. The third-order valence-corrected chi connectivity index (χ3v) is 0.224. The summed E-state index contributed by atoms with van der Waals surface area (Å²) in [4.78, 5) is 9.44. The van der Waals surface area contributed by atoms with Crippen LogP contribution in [0.4, 0.5) is 0 Å². The van der Waals surface area contributed by atoms with Gasteiger partial charge in [-0.15, -0.1) is 0 Å². The Hall–Kier alpha value is -0.450. The van der Waals surface area contributed by atoms with Crippen molar-refractivity contribution in [1.29, 1.82) is 0 Å². The average Bonchev–Trinajstić information content (AvgIpc) is 2.03.